The Morgan fingerprint density at radius 1 is 1.35 bits per heavy atom. The first-order valence-electron chi connectivity index (χ1n) is 6.09. The Morgan fingerprint density at radius 2 is 2.05 bits per heavy atom. The molecule has 0 aliphatic heterocycles. The van der Waals surface area contributed by atoms with Gasteiger partial charge in [-0.1, -0.05) is 0 Å². The smallest absolute Gasteiger partial charge is 0.335 e. The molecule has 0 heterocycles. The van der Waals surface area contributed by atoms with Crippen LogP contribution in [0.25, 0.3) is 0 Å². The van der Waals surface area contributed by atoms with E-state index < -0.39 is 16.8 Å². The number of anilines is 1. The van der Waals surface area contributed by atoms with E-state index in [-0.39, 0.29) is 11.6 Å². The molecule has 1 atom stereocenters. The molecule has 0 aromatic heterocycles. The predicted octanol–water partition coefficient (Wildman–Crippen LogP) is 1.58. The van der Waals surface area contributed by atoms with Crippen LogP contribution in [0, 0.1) is 6.92 Å². The second kappa shape index (κ2) is 7.64. The number of hydrogen-bond donors (Lipinski definition) is 3. The number of hydrogen-bond acceptors (Lipinski definition) is 3. The topological polar surface area (TPSA) is 95.5 Å². The molecule has 0 saturated heterocycles. The largest absolute Gasteiger partial charge is 0.478 e. The molecule has 2 amide bonds. The number of aryl methyl sites for hydroxylation is 1. The van der Waals surface area contributed by atoms with Crippen molar-refractivity contribution in [3.05, 3.63) is 29.3 Å². The molecule has 0 aliphatic rings. The summed E-state index contributed by atoms with van der Waals surface area (Å²) in [4.78, 5) is 22.4. The minimum Gasteiger partial charge on any atom is -0.478 e. The van der Waals surface area contributed by atoms with E-state index in [1.165, 1.54) is 12.1 Å². The van der Waals surface area contributed by atoms with Crippen molar-refractivity contribution in [2.24, 2.45) is 0 Å². The van der Waals surface area contributed by atoms with Crippen LogP contribution in [0.4, 0.5) is 10.5 Å². The highest BCUT2D eigenvalue weighted by molar-refractivity contribution is 7.84. The first-order chi connectivity index (χ1) is 9.40. The van der Waals surface area contributed by atoms with Crippen molar-refractivity contribution in [1.82, 2.24) is 5.32 Å². The van der Waals surface area contributed by atoms with E-state index >= 15 is 0 Å². The minimum absolute atomic E-state index is 0.210. The maximum absolute atomic E-state index is 11.6. The summed E-state index contributed by atoms with van der Waals surface area (Å²) in [6.45, 7) is 2.11. The van der Waals surface area contributed by atoms with E-state index in [9.17, 15) is 13.8 Å². The number of aromatic carboxylic acids is 1. The van der Waals surface area contributed by atoms with Crippen LogP contribution in [0.2, 0.25) is 0 Å². The molecule has 1 aromatic rings. The lowest BCUT2D eigenvalue weighted by atomic mass is 10.1. The number of carbonyl (C=O) groups excluding carboxylic acids is 1. The lowest BCUT2D eigenvalue weighted by Gasteiger charge is -2.09. The molecular weight excluding hydrogens is 280 g/mol. The summed E-state index contributed by atoms with van der Waals surface area (Å²) in [5.41, 5.74) is 1.32. The van der Waals surface area contributed by atoms with Gasteiger partial charge in [0, 0.05) is 35.0 Å². The van der Waals surface area contributed by atoms with Gasteiger partial charge in [-0.05, 0) is 37.1 Å². The number of benzene rings is 1. The molecule has 0 radical (unpaired) electrons. The standard InChI is InChI=1S/C13H18N2O4S/c1-9-8-10(4-5-11(9)12(16)17)15-13(18)14-6-3-7-20(2)19/h4-5,8H,3,6-7H2,1-2H3,(H,16,17)(H2,14,15,18). The number of nitrogens with one attached hydrogen (secondary N) is 2. The van der Waals surface area contributed by atoms with Gasteiger partial charge >= 0.3 is 12.0 Å². The number of carboxylic acid groups (broad SMARTS) is 1. The fourth-order valence-corrected chi connectivity index (χ4v) is 2.18. The Hall–Kier alpha value is -1.89. The molecule has 1 aromatic carbocycles. The van der Waals surface area contributed by atoms with Gasteiger partial charge in [0.05, 0.1) is 5.56 Å². The van der Waals surface area contributed by atoms with E-state index in [1.807, 2.05) is 0 Å². The van der Waals surface area contributed by atoms with E-state index in [4.69, 9.17) is 5.11 Å². The van der Waals surface area contributed by atoms with E-state index in [2.05, 4.69) is 10.6 Å². The highest BCUT2D eigenvalue weighted by atomic mass is 32.2. The van der Waals surface area contributed by atoms with Gasteiger partial charge in [-0.15, -0.1) is 0 Å². The summed E-state index contributed by atoms with van der Waals surface area (Å²) >= 11 is 0. The quantitative estimate of drug-likeness (QED) is 0.695. The molecule has 20 heavy (non-hydrogen) atoms. The monoisotopic (exact) mass is 298 g/mol. The van der Waals surface area contributed by atoms with Crippen molar-refractivity contribution >= 4 is 28.5 Å². The normalized spacial score (nSPS) is 11.7. The average Bonchev–Trinajstić information content (AvgIpc) is 2.34. The Kier molecular flexibility index (Phi) is 6.17. The van der Waals surface area contributed by atoms with E-state index in [1.54, 1.807) is 19.2 Å². The Morgan fingerprint density at radius 3 is 2.60 bits per heavy atom. The van der Waals surface area contributed by atoms with Crippen LogP contribution >= 0.6 is 0 Å². The lowest BCUT2D eigenvalue weighted by molar-refractivity contribution is 0.0696. The molecule has 0 fully saturated rings. The van der Waals surface area contributed by atoms with Crippen LogP contribution < -0.4 is 10.6 Å². The molecule has 0 aliphatic carbocycles. The maximum atomic E-state index is 11.6. The molecule has 0 spiro atoms. The second-order valence-corrected chi connectivity index (χ2v) is 5.90. The van der Waals surface area contributed by atoms with Crippen LogP contribution in [0.1, 0.15) is 22.3 Å². The van der Waals surface area contributed by atoms with Crippen molar-refractivity contribution in [2.75, 3.05) is 23.9 Å². The fraction of sp³-hybridized carbons (Fsp3) is 0.385. The number of carbonyl (C=O) groups is 2. The van der Waals surface area contributed by atoms with Crippen molar-refractivity contribution < 1.29 is 18.9 Å². The van der Waals surface area contributed by atoms with Gasteiger partial charge in [-0.2, -0.15) is 0 Å². The SMILES string of the molecule is Cc1cc(NC(=O)NCCCS(C)=O)ccc1C(=O)O. The van der Waals surface area contributed by atoms with Crippen molar-refractivity contribution in [2.45, 2.75) is 13.3 Å². The summed E-state index contributed by atoms with van der Waals surface area (Å²) in [7, 11) is -0.856. The predicted molar refractivity (Wildman–Crippen MR) is 78.7 cm³/mol. The third-order valence-corrected chi connectivity index (χ3v) is 3.47. The number of carboxylic acids is 1. The zero-order valence-corrected chi connectivity index (χ0v) is 12.3. The summed E-state index contributed by atoms with van der Waals surface area (Å²) in [5, 5.41) is 14.2. The molecule has 6 nitrogen and oxygen atoms in total. The van der Waals surface area contributed by atoms with Gasteiger partial charge < -0.3 is 15.7 Å². The molecular formula is C13H18N2O4S. The van der Waals surface area contributed by atoms with E-state index in [0.717, 1.165) is 0 Å². The molecule has 1 rings (SSSR count). The minimum atomic E-state index is -0.994. The Balaban J connectivity index is 2.48. The van der Waals surface area contributed by atoms with Crippen LogP contribution in [0.5, 0.6) is 0 Å². The van der Waals surface area contributed by atoms with Crippen LogP contribution in [0.3, 0.4) is 0 Å². The number of amides is 2. The second-order valence-electron chi connectivity index (χ2n) is 4.35. The molecule has 110 valence electrons. The third kappa shape index (κ3) is 5.40. The average molecular weight is 298 g/mol. The lowest BCUT2D eigenvalue weighted by Crippen LogP contribution is -2.30. The highest BCUT2D eigenvalue weighted by Crippen LogP contribution is 2.15. The molecule has 0 bridgehead atoms. The third-order valence-electron chi connectivity index (χ3n) is 2.61. The van der Waals surface area contributed by atoms with Crippen LogP contribution in [-0.4, -0.2) is 39.9 Å². The van der Waals surface area contributed by atoms with Crippen LogP contribution in [-0.2, 0) is 10.8 Å². The summed E-state index contributed by atoms with van der Waals surface area (Å²) in [6, 6.07) is 4.23. The van der Waals surface area contributed by atoms with Crippen molar-refractivity contribution in [3.63, 3.8) is 0 Å². The zero-order chi connectivity index (χ0) is 15.1. The number of urea groups is 1. The summed E-state index contributed by atoms with van der Waals surface area (Å²) in [5.74, 6) is -0.446. The van der Waals surface area contributed by atoms with Gasteiger partial charge in [0.15, 0.2) is 0 Å². The fourth-order valence-electron chi connectivity index (χ4n) is 1.63. The van der Waals surface area contributed by atoms with Gasteiger partial charge in [-0.3, -0.25) is 4.21 Å². The van der Waals surface area contributed by atoms with Crippen molar-refractivity contribution in [1.29, 1.82) is 0 Å². The van der Waals surface area contributed by atoms with E-state index in [0.29, 0.717) is 30.0 Å². The summed E-state index contributed by atoms with van der Waals surface area (Å²) in [6.07, 6.45) is 2.26. The van der Waals surface area contributed by atoms with Gasteiger partial charge in [-0.25, -0.2) is 9.59 Å². The molecule has 3 N–H and O–H groups in total. The number of rotatable bonds is 6. The molecule has 7 heteroatoms. The summed E-state index contributed by atoms with van der Waals surface area (Å²) < 4.78 is 10.8. The highest BCUT2D eigenvalue weighted by Gasteiger charge is 2.08. The maximum Gasteiger partial charge on any atom is 0.335 e. The first-order valence-corrected chi connectivity index (χ1v) is 7.81. The van der Waals surface area contributed by atoms with Gasteiger partial charge in [0.1, 0.15) is 0 Å². The first kappa shape index (κ1) is 16.2. The Bertz CT molecular complexity index is 531. The van der Waals surface area contributed by atoms with Gasteiger partial charge in [0.25, 0.3) is 0 Å². The Labute approximate surface area is 120 Å². The molecule has 1 unspecified atom stereocenters. The zero-order valence-electron chi connectivity index (χ0n) is 11.4. The molecule has 0 saturated carbocycles. The van der Waals surface area contributed by atoms with Gasteiger partial charge in [0.2, 0.25) is 0 Å². The van der Waals surface area contributed by atoms with Crippen molar-refractivity contribution in [3.8, 4) is 0 Å². The van der Waals surface area contributed by atoms with Crippen LogP contribution in [0.15, 0.2) is 18.2 Å².